The lowest BCUT2D eigenvalue weighted by molar-refractivity contribution is -0.143. The minimum atomic E-state index is -0.573. The number of ether oxygens (including phenoxy) is 1. The van der Waals surface area contributed by atoms with Crippen LogP contribution >= 0.6 is 11.8 Å². The first-order chi connectivity index (χ1) is 15.1. The molecule has 1 N–H and O–H groups in total. The average molecular weight is 429 g/mol. The van der Waals surface area contributed by atoms with E-state index in [1.807, 2.05) is 48.5 Å². The van der Waals surface area contributed by atoms with Gasteiger partial charge in [-0.15, -0.1) is 11.8 Å². The van der Waals surface area contributed by atoms with Crippen LogP contribution in [0.5, 0.6) is 0 Å². The van der Waals surface area contributed by atoms with E-state index in [2.05, 4.69) is 17.4 Å². The van der Waals surface area contributed by atoms with Crippen LogP contribution in [-0.2, 0) is 20.7 Å². The van der Waals surface area contributed by atoms with E-state index < -0.39 is 11.2 Å². The van der Waals surface area contributed by atoms with Gasteiger partial charge in [0.25, 0.3) is 0 Å². The van der Waals surface area contributed by atoms with Crippen LogP contribution in [-0.4, -0.2) is 29.5 Å². The molecule has 3 aromatic rings. The summed E-state index contributed by atoms with van der Waals surface area (Å²) in [6, 6.07) is 21.3. The third kappa shape index (κ3) is 3.86. The van der Waals surface area contributed by atoms with Gasteiger partial charge >= 0.3 is 5.97 Å². The first-order valence-corrected chi connectivity index (χ1v) is 10.9. The van der Waals surface area contributed by atoms with Crippen LogP contribution in [0.25, 0.3) is 11.1 Å². The fourth-order valence-electron chi connectivity index (χ4n) is 3.99. The number of benzene rings is 3. The molecule has 1 aliphatic heterocycles. The molecular weight excluding hydrogens is 410 g/mol. The second-order valence-electron chi connectivity index (χ2n) is 7.59. The number of carbonyl (C=O) groups excluding carboxylic acids is 3. The average Bonchev–Trinajstić information content (AvgIpc) is 3.16. The quantitative estimate of drug-likeness (QED) is 0.374. The Bertz CT molecular complexity index is 1220. The molecule has 5 nitrogen and oxygen atoms in total. The van der Waals surface area contributed by atoms with Gasteiger partial charge in [-0.25, -0.2) is 0 Å². The number of esters is 1. The molecule has 5 rings (SSSR count). The van der Waals surface area contributed by atoms with Crippen molar-refractivity contribution in [1.82, 2.24) is 0 Å². The Morgan fingerprint density at radius 3 is 2.65 bits per heavy atom. The van der Waals surface area contributed by atoms with Gasteiger partial charge in [-0.05, 0) is 46.9 Å². The number of anilines is 1. The molecular formula is C25H19NO4S. The van der Waals surface area contributed by atoms with Crippen molar-refractivity contribution in [3.63, 3.8) is 0 Å². The summed E-state index contributed by atoms with van der Waals surface area (Å²) in [6.45, 7) is -0.333. The smallest absolute Gasteiger partial charge is 0.307 e. The van der Waals surface area contributed by atoms with Gasteiger partial charge in [0.1, 0.15) is 0 Å². The van der Waals surface area contributed by atoms with Gasteiger partial charge in [0.05, 0.1) is 17.4 Å². The molecule has 0 saturated heterocycles. The zero-order chi connectivity index (χ0) is 21.4. The Labute approximate surface area is 183 Å². The van der Waals surface area contributed by atoms with E-state index >= 15 is 0 Å². The molecule has 1 heterocycles. The number of Topliss-reactive ketones (excluding diaryl/α,β-unsaturated/α-hetero) is 1. The van der Waals surface area contributed by atoms with Crippen molar-refractivity contribution in [3.8, 4) is 11.1 Å². The molecule has 1 unspecified atom stereocenters. The van der Waals surface area contributed by atoms with Gasteiger partial charge < -0.3 is 10.1 Å². The first-order valence-electron chi connectivity index (χ1n) is 10.0. The van der Waals surface area contributed by atoms with Gasteiger partial charge in [-0.3, -0.25) is 14.4 Å². The van der Waals surface area contributed by atoms with Crippen LogP contribution in [0.15, 0.2) is 71.6 Å². The number of thioether (sulfide) groups is 1. The summed E-state index contributed by atoms with van der Waals surface area (Å²) in [5, 5.41) is 2.23. The van der Waals surface area contributed by atoms with Crippen LogP contribution < -0.4 is 5.32 Å². The molecule has 3 aromatic carbocycles. The Hall–Kier alpha value is -3.38. The summed E-state index contributed by atoms with van der Waals surface area (Å²) < 4.78 is 5.20. The zero-order valence-corrected chi connectivity index (χ0v) is 17.4. The molecule has 1 aliphatic carbocycles. The fraction of sp³-hybridized carbons (Fsp3) is 0.160. The van der Waals surface area contributed by atoms with E-state index in [0.717, 1.165) is 28.1 Å². The summed E-state index contributed by atoms with van der Waals surface area (Å²) in [5.41, 5.74) is 5.97. The maximum absolute atomic E-state index is 12.6. The van der Waals surface area contributed by atoms with Crippen molar-refractivity contribution < 1.29 is 19.1 Å². The van der Waals surface area contributed by atoms with Crippen LogP contribution in [0.4, 0.5) is 5.69 Å². The minimum Gasteiger partial charge on any atom is -0.457 e. The van der Waals surface area contributed by atoms with E-state index in [-0.39, 0.29) is 24.7 Å². The number of para-hydroxylation sites is 1. The standard InChI is InChI=1S/C25H19NO4S/c27-21(16-9-10-19-17(12-16)11-15-5-1-2-6-18(15)19)14-30-24(28)13-23-25(29)26-20-7-3-4-8-22(20)31-23/h1-10,12,23H,11,13-14H2,(H,26,29). The number of carbonyl (C=O) groups is 3. The lowest BCUT2D eigenvalue weighted by atomic mass is 10.0. The summed E-state index contributed by atoms with van der Waals surface area (Å²) in [4.78, 5) is 38.0. The number of amides is 1. The highest BCUT2D eigenvalue weighted by molar-refractivity contribution is 8.01. The van der Waals surface area contributed by atoms with Crippen molar-refractivity contribution >= 4 is 35.1 Å². The van der Waals surface area contributed by atoms with E-state index in [4.69, 9.17) is 4.74 Å². The van der Waals surface area contributed by atoms with E-state index in [1.165, 1.54) is 22.9 Å². The third-order valence-corrected chi connectivity index (χ3v) is 6.81. The zero-order valence-electron chi connectivity index (χ0n) is 16.6. The third-order valence-electron chi connectivity index (χ3n) is 5.54. The largest absolute Gasteiger partial charge is 0.457 e. The molecule has 1 atom stereocenters. The molecule has 0 bridgehead atoms. The van der Waals surface area contributed by atoms with Crippen molar-refractivity contribution in [1.29, 1.82) is 0 Å². The van der Waals surface area contributed by atoms with E-state index in [1.54, 1.807) is 6.07 Å². The Morgan fingerprint density at radius 2 is 1.74 bits per heavy atom. The Morgan fingerprint density at radius 1 is 0.968 bits per heavy atom. The van der Waals surface area contributed by atoms with Gasteiger partial charge in [-0.1, -0.05) is 48.5 Å². The molecule has 2 aliphatic rings. The fourth-order valence-corrected chi connectivity index (χ4v) is 5.08. The highest BCUT2D eigenvalue weighted by Gasteiger charge is 2.29. The van der Waals surface area contributed by atoms with Gasteiger partial charge in [0, 0.05) is 10.5 Å². The molecule has 0 spiro atoms. The maximum atomic E-state index is 12.6. The number of nitrogens with one attached hydrogen (secondary N) is 1. The SMILES string of the molecule is O=C(CC1Sc2ccccc2NC1=O)OCC(=O)c1ccc2c(c1)Cc1ccccc1-2. The summed E-state index contributed by atoms with van der Waals surface area (Å²) in [6.07, 6.45) is 0.708. The van der Waals surface area contributed by atoms with Crippen molar-refractivity contribution in [3.05, 3.63) is 83.4 Å². The van der Waals surface area contributed by atoms with E-state index in [9.17, 15) is 14.4 Å². The van der Waals surface area contributed by atoms with Crippen molar-refractivity contribution in [2.75, 3.05) is 11.9 Å². The monoisotopic (exact) mass is 429 g/mol. The van der Waals surface area contributed by atoms with Crippen LogP contribution in [0.2, 0.25) is 0 Å². The number of hydrogen-bond donors (Lipinski definition) is 1. The van der Waals surface area contributed by atoms with Crippen LogP contribution in [0, 0.1) is 0 Å². The molecule has 154 valence electrons. The molecule has 1 amide bonds. The first kappa shape index (κ1) is 19.6. The highest BCUT2D eigenvalue weighted by Crippen LogP contribution is 2.37. The minimum absolute atomic E-state index is 0.0857. The van der Waals surface area contributed by atoms with Crippen LogP contribution in [0.3, 0.4) is 0 Å². The molecule has 0 saturated carbocycles. The van der Waals surface area contributed by atoms with Crippen molar-refractivity contribution in [2.45, 2.75) is 23.0 Å². The molecule has 0 fully saturated rings. The second-order valence-corrected chi connectivity index (χ2v) is 8.83. The number of ketones is 1. The molecule has 6 heteroatoms. The highest BCUT2D eigenvalue weighted by atomic mass is 32.2. The van der Waals surface area contributed by atoms with Crippen molar-refractivity contribution in [2.24, 2.45) is 0 Å². The normalized spacial score (nSPS) is 16.0. The predicted molar refractivity (Wildman–Crippen MR) is 119 cm³/mol. The van der Waals surface area contributed by atoms with Crippen LogP contribution in [0.1, 0.15) is 27.9 Å². The van der Waals surface area contributed by atoms with Gasteiger partial charge in [0.15, 0.2) is 12.4 Å². The Balaban J connectivity index is 1.19. The van der Waals surface area contributed by atoms with Gasteiger partial charge in [0.2, 0.25) is 5.91 Å². The molecule has 0 radical (unpaired) electrons. The predicted octanol–water partition coefficient (Wildman–Crippen LogP) is 4.49. The maximum Gasteiger partial charge on any atom is 0.307 e. The summed E-state index contributed by atoms with van der Waals surface area (Å²) in [5.74, 6) is -1.04. The van der Waals surface area contributed by atoms with Gasteiger partial charge in [-0.2, -0.15) is 0 Å². The summed E-state index contributed by atoms with van der Waals surface area (Å²) in [7, 11) is 0. The Kier molecular flexibility index (Phi) is 5.08. The van der Waals surface area contributed by atoms with E-state index in [0.29, 0.717) is 5.56 Å². The molecule has 0 aromatic heterocycles. The lowest BCUT2D eigenvalue weighted by Crippen LogP contribution is -2.31. The number of fused-ring (bicyclic) bond motifs is 4. The summed E-state index contributed by atoms with van der Waals surface area (Å²) >= 11 is 1.33. The number of rotatable bonds is 5. The second kappa shape index (κ2) is 8.04. The lowest BCUT2D eigenvalue weighted by Gasteiger charge is -2.23. The number of hydrogen-bond acceptors (Lipinski definition) is 5. The molecule has 31 heavy (non-hydrogen) atoms. The topological polar surface area (TPSA) is 72.5 Å².